The topological polar surface area (TPSA) is 112 Å². The first-order valence-corrected chi connectivity index (χ1v) is 9.84. The lowest BCUT2D eigenvalue weighted by Gasteiger charge is -2.27. The molecule has 2 aromatic rings. The van der Waals surface area contributed by atoms with E-state index in [-0.39, 0.29) is 25.8 Å². The van der Waals surface area contributed by atoms with Gasteiger partial charge in [0.2, 0.25) is 5.76 Å². The predicted molar refractivity (Wildman–Crippen MR) is 103 cm³/mol. The Balaban J connectivity index is 1.88. The molecule has 0 radical (unpaired) electrons. The number of esters is 1. The molecular formula is C20H16F6N2O7. The summed E-state index contributed by atoms with van der Waals surface area (Å²) in [4.78, 5) is 35.2. The molecular weight excluding hydrogens is 494 g/mol. The van der Waals surface area contributed by atoms with E-state index in [1.807, 2.05) is 0 Å². The van der Waals surface area contributed by atoms with Crippen molar-refractivity contribution in [1.29, 1.82) is 0 Å². The van der Waals surface area contributed by atoms with Crippen molar-refractivity contribution in [2.24, 2.45) is 5.92 Å². The summed E-state index contributed by atoms with van der Waals surface area (Å²) in [6, 6.07) is 2.46. The molecule has 0 spiro atoms. The summed E-state index contributed by atoms with van der Waals surface area (Å²) in [6.07, 6.45) is -9.88. The number of hydrogen-bond acceptors (Lipinski definition) is 7. The zero-order chi connectivity index (χ0) is 26.0. The summed E-state index contributed by atoms with van der Waals surface area (Å²) < 4.78 is 94.2. The molecule has 15 heteroatoms. The largest absolute Gasteiger partial charge is 0.450 e. The Bertz CT molecular complexity index is 1070. The number of halogens is 6. The molecule has 1 aliphatic rings. The van der Waals surface area contributed by atoms with Crippen LogP contribution in [0.1, 0.15) is 28.1 Å². The molecule has 0 aliphatic carbocycles. The number of benzene rings is 1. The van der Waals surface area contributed by atoms with Gasteiger partial charge in [-0.05, 0) is 30.7 Å². The number of amides is 1. The monoisotopic (exact) mass is 510 g/mol. The average Bonchev–Trinajstić information content (AvgIpc) is 3.46. The molecule has 1 saturated heterocycles. The first-order chi connectivity index (χ1) is 16.3. The highest BCUT2D eigenvalue weighted by molar-refractivity contribution is 5.96. The van der Waals surface area contributed by atoms with Gasteiger partial charge in [-0.15, -0.1) is 0 Å². The van der Waals surface area contributed by atoms with Gasteiger partial charge in [-0.1, -0.05) is 0 Å². The summed E-state index contributed by atoms with van der Waals surface area (Å²) in [5.41, 5.74) is -3.95. The van der Waals surface area contributed by atoms with E-state index in [9.17, 15) is 46.0 Å². The van der Waals surface area contributed by atoms with Crippen LogP contribution >= 0.6 is 0 Å². The quantitative estimate of drug-likeness (QED) is 0.234. The van der Waals surface area contributed by atoms with Gasteiger partial charge in [0.1, 0.15) is 4.92 Å². The van der Waals surface area contributed by atoms with Gasteiger partial charge in [-0.2, -0.15) is 26.3 Å². The number of anilines is 1. The molecule has 1 amide bonds. The number of nitro groups is 1. The third kappa shape index (κ3) is 6.49. The maximum absolute atomic E-state index is 13.3. The number of alkyl halides is 6. The molecule has 1 aromatic carbocycles. The highest BCUT2D eigenvalue weighted by Gasteiger charge is 2.38. The van der Waals surface area contributed by atoms with Crippen LogP contribution in [-0.2, 0) is 26.6 Å². The van der Waals surface area contributed by atoms with Crippen molar-refractivity contribution in [2.75, 3.05) is 31.3 Å². The fourth-order valence-corrected chi connectivity index (χ4v) is 3.24. The highest BCUT2D eigenvalue weighted by Crippen LogP contribution is 2.38. The fourth-order valence-electron chi connectivity index (χ4n) is 3.24. The van der Waals surface area contributed by atoms with Crippen LogP contribution < -0.4 is 4.90 Å². The normalized spacial score (nSPS) is 16.2. The van der Waals surface area contributed by atoms with Crippen LogP contribution in [0, 0.1) is 16.0 Å². The van der Waals surface area contributed by atoms with Gasteiger partial charge in [0.15, 0.2) is 6.61 Å². The molecule has 3 rings (SSSR count). The fraction of sp³-hybridized carbons (Fsp3) is 0.400. The number of rotatable bonds is 7. The average molecular weight is 510 g/mol. The maximum atomic E-state index is 13.3. The number of furan rings is 1. The van der Waals surface area contributed by atoms with Crippen molar-refractivity contribution in [1.82, 2.24) is 0 Å². The molecule has 0 saturated carbocycles. The summed E-state index contributed by atoms with van der Waals surface area (Å²) in [6.45, 7) is -0.986. The van der Waals surface area contributed by atoms with Crippen LogP contribution in [-0.4, -0.2) is 43.2 Å². The van der Waals surface area contributed by atoms with Gasteiger partial charge in [-0.3, -0.25) is 14.9 Å². The van der Waals surface area contributed by atoms with Crippen LogP contribution in [0.5, 0.6) is 0 Å². The summed E-state index contributed by atoms with van der Waals surface area (Å²) in [7, 11) is 0. The van der Waals surface area contributed by atoms with E-state index >= 15 is 0 Å². The number of carbonyl (C=O) groups is 2. The molecule has 0 bridgehead atoms. The first kappa shape index (κ1) is 26.0. The Labute approximate surface area is 192 Å². The van der Waals surface area contributed by atoms with Crippen LogP contribution in [0.25, 0.3) is 0 Å². The Morgan fingerprint density at radius 3 is 2.20 bits per heavy atom. The molecule has 0 N–H and O–H groups in total. The van der Waals surface area contributed by atoms with E-state index < -0.39 is 70.1 Å². The lowest BCUT2D eigenvalue weighted by Crippen LogP contribution is -2.39. The van der Waals surface area contributed by atoms with Crippen molar-refractivity contribution < 1.29 is 54.7 Å². The summed E-state index contributed by atoms with van der Waals surface area (Å²) in [5, 5.41) is 10.6. The zero-order valence-electron chi connectivity index (χ0n) is 17.5. The van der Waals surface area contributed by atoms with E-state index in [0.29, 0.717) is 23.5 Å². The molecule has 190 valence electrons. The lowest BCUT2D eigenvalue weighted by molar-refractivity contribution is -0.402. The van der Waals surface area contributed by atoms with E-state index in [1.165, 1.54) is 0 Å². The molecule has 1 aliphatic heterocycles. The standard InChI is InChI=1S/C20H16F6N2O7/c21-19(22,23)12-5-13(20(24,25)26)7-14(6-12)27(8-11-3-4-33-9-11)16(29)10-34-18(30)15-1-2-17(35-15)28(31)32/h1-2,5-7,11H,3-4,8-10H2. The third-order valence-electron chi connectivity index (χ3n) is 4.95. The smallest absolute Gasteiger partial charge is 0.433 e. The van der Waals surface area contributed by atoms with E-state index in [0.717, 1.165) is 12.1 Å². The van der Waals surface area contributed by atoms with Crippen LogP contribution in [0.4, 0.5) is 37.9 Å². The molecule has 1 atom stereocenters. The number of ether oxygens (including phenoxy) is 2. The van der Waals surface area contributed by atoms with Crippen LogP contribution in [0.15, 0.2) is 34.7 Å². The van der Waals surface area contributed by atoms with Gasteiger partial charge < -0.3 is 18.8 Å². The minimum absolute atomic E-state index is 0.0747. The Morgan fingerprint density at radius 1 is 1.09 bits per heavy atom. The predicted octanol–water partition coefficient (Wildman–Crippen LogP) is 4.45. The van der Waals surface area contributed by atoms with Crippen LogP contribution in [0.3, 0.4) is 0 Å². The van der Waals surface area contributed by atoms with Gasteiger partial charge in [0.25, 0.3) is 5.91 Å². The molecule has 1 fully saturated rings. The maximum Gasteiger partial charge on any atom is 0.433 e. The van der Waals surface area contributed by atoms with Crippen molar-refractivity contribution >= 4 is 23.4 Å². The van der Waals surface area contributed by atoms with Crippen molar-refractivity contribution in [3.05, 3.63) is 57.3 Å². The highest BCUT2D eigenvalue weighted by atomic mass is 19.4. The van der Waals surface area contributed by atoms with Crippen molar-refractivity contribution in [3.8, 4) is 0 Å². The van der Waals surface area contributed by atoms with Gasteiger partial charge in [0, 0.05) is 24.8 Å². The number of nitrogens with zero attached hydrogens (tertiary/aromatic N) is 2. The minimum Gasteiger partial charge on any atom is -0.450 e. The third-order valence-corrected chi connectivity index (χ3v) is 4.95. The van der Waals surface area contributed by atoms with E-state index in [4.69, 9.17) is 9.47 Å². The zero-order valence-corrected chi connectivity index (χ0v) is 17.5. The second kappa shape index (κ2) is 9.93. The minimum atomic E-state index is -5.14. The Kier molecular flexibility index (Phi) is 7.38. The lowest BCUT2D eigenvalue weighted by atomic mass is 10.0. The van der Waals surface area contributed by atoms with Crippen LogP contribution in [0.2, 0.25) is 0 Å². The van der Waals surface area contributed by atoms with Crippen molar-refractivity contribution in [2.45, 2.75) is 18.8 Å². The first-order valence-electron chi connectivity index (χ1n) is 9.84. The van der Waals surface area contributed by atoms with Crippen molar-refractivity contribution in [3.63, 3.8) is 0 Å². The molecule has 35 heavy (non-hydrogen) atoms. The van der Waals surface area contributed by atoms with Gasteiger partial charge >= 0.3 is 24.2 Å². The molecule has 9 nitrogen and oxygen atoms in total. The van der Waals surface area contributed by atoms with E-state index in [1.54, 1.807) is 0 Å². The molecule has 1 aromatic heterocycles. The molecule has 2 heterocycles. The Morgan fingerprint density at radius 2 is 1.71 bits per heavy atom. The second-order valence-corrected chi connectivity index (χ2v) is 7.47. The number of carbonyl (C=O) groups excluding carboxylic acids is 2. The summed E-state index contributed by atoms with van der Waals surface area (Å²) in [5.74, 6) is -4.23. The Hall–Kier alpha value is -3.62. The SMILES string of the molecule is O=C(OCC(=O)N(CC1CCOC1)c1cc(C(F)(F)F)cc(C(F)(F)F)c1)c1ccc([N+](=O)[O-])o1. The van der Waals surface area contributed by atoms with Gasteiger partial charge in [0.05, 0.1) is 23.8 Å². The molecule has 1 unspecified atom stereocenters. The van der Waals surface area contributed by atoms with Gasteiger partial charge in [-0.25, -0.2) is 4.79 Å². The number of hydrogen-bond donors (Lipinski definition) is 0. The van der Waals surface area contributed by atoms with E-state index in [2.05, 4.69) is 4.42 Å². The second-order valence-electron chi connectivity index (χ2n) is 7.47. The summed E-state index contributed by atoms with van der Waals surface area (Å²) >= 11 is 0.